The molecule has 1 aliphatic heterocycles. The van der Waals surface area contributed by atoms with Crippen molar-refractivity contribution in [2.24, 2.45) is 5.41 Å². The number of carbonyl (C=O) groups excluding carboxylic acids is 1. The molecule has 0 aliphatic carbocycles. The zero-order valence-electron chi connectivity index (χ0n) is 10.2. The molecule has 4 nitrogen and oxygen atoms in total. The molecule has 0 atom stereocenters. The van der Waals surface area contributed by atoms with Gasteiger partial charge in [0.15, 0.2) is 0 Å². The minimum absolute atomic E-state index is 0.250. The van der Waals surface area contributed by atoms with Crippen molar-refractivity contribution in [3.05, 3.63) is 35.6 Å². The van der Waals surface area contributed by atoms with E-state index >= 15 is 0 Å². The fraction of sp³-hybridized carbons (Fsp3) is 0.462. The largest absolute Gasteiger partial charge is 0.468 e. The van der Waals surface area contributed by atoms with Crippen LogP contribution in [0.15, 0.2) is 24.3 Å². The van der Waals surface area contributed by atoms with Gasteiger partial charge in [-0.1, -0.05) is 12.1 Å². The van der Waals surface area contributed by atoms with Crippen molar-refractivity contribution in [3.8, 4) is 0 Å². The lowest BCUT2D eigenvalue weighted by Gasteiger charge is -2.38. The Kier molecular flexibility index (Phi) is 3.93. The minimum Gasteiger partial charge on any atom is -0.468 e. The molecule has 1 aromatic carbocycles. The average molecular weight is 253 g/mol. The van der Waals surface area contributed by atoms with E-state index in [9.17, 15) is 9.18 Å². The summed E-state index contributed by atoms with van der Waals surface area (Å²) >= 11 is 0. The second-order valence-corrected chi connectivity index (χ2v) is 4.49. The molecule has 2 rings (SSSR count). The topological polar surface area (TPSA) is 47.6 Å². The summed E-state index contributed by atoms with van der Waals surface area (Å²) in [5.74, 6) is -0.502. The molecule has 1 saturated heterocycles. The first-order chi connectivity index (χ1) is 8.66. The van der Waals surface area contributed by atoms with Crippen molar-refractivity contribution in [2.45, 2.75) is 6.54 Å². The first kappa shape index (κ1) is 13.0. The summed E-state index contributed by atoms with van der Waals surface area (Å²) < 4.78 is 22.6. The number of carbonyl (C=O) groups is 1. The summed E-state index contributed by atoms with van der Waals surface area (Å²) in [7, 11) is 1.38. The Morgan fingerprint density at radius 2 is 2.11 bits per heavy atom. The maximum Gasteiger partial charge on any atom is 0.317 e. The predicted octanol–water partition coefficient (Wildman–Crippen LogP) is 1.10. The number of methoxy groups -OCH3 is 1. The van der Waals surface area contributed by atoms with Crippen molar-refractivity contribution in [2.75, 3.05) is 26.9 Å². The lowest BCUT2D eigenvalue weighted by atomic mass is 9.86. The number of nitrogens with one attached hydrogen (secondary N) is 1. The van der Waals surface area contributed by atoms with Crippen LogP contribution in [-0.4, -0.2) is 32.8 Å². The molecule has 0 radical (unpaired) electrons. The van der Waals surface area contributed by atoms with Crippen LogP contribution in [0.25, 0.3) is 0 Å². The molecular weight excluding hydrogens is 237 g/mol. The zero-order valence-corrected chi connectivity index (χ0v) is 10.2. The third-order valence-electron chi connectivity index (χ3n) is 3.08. The number of esters is 1. The highest BCUT2D eigenvalue weighted by atomic mass is 19.1. The van der Waals surface area contributed by atoms with Crippen LogP contribution in [-0.2, 0) is 20.8 Å². The van der Waals surface area contributed by atoms with Crippen LogP contribution in [0.3, 0.4) is 0 Å². The monoisotopic (exact) mass is 253 g/mol. The van der Waals surface area contributed by atoms with Gasteiger partial charge in [0.2, 0.25) is 0 Å². The van der Waals surface area contributed by atoms with E-state index in [1.54, 1.807) is 12.1 Å². The maximum atomic E-state index is 12.7. The summed E-state index contributed by atoms with van der Waals surface area (Å²) in [5, 5.41) is 3.18. The van der Waals surface area contributed by atoms with Crippen molar-refractivity contribution < 1.29 is 18.7 Å². The average Bonchev–Trinajstić information content (AvgIpc) is 2.34. The van der Waals surface area contributed by atoms with E-state index in [-0.39, 0.29) is 11.8 Å². The smallest absolute Gasteiger partial charge is 0.317 e. The van der Waals surface area contributed by atoms with E-state index in [1.165, 1.54) is 19.2 Å². The van der Waals surface area contributed by atoms with Gasteiger partial charge in [0, 0.05) is 13.1 Å². The Morgan fingerprint density at radius 3 is 2.61 bits per heavy atom. The maximum absolute atomic E-state index is 12.7. The van der Waals surface area contributed by atoms with Gasteiger partial charge >= 0.3 is 5.97 Å². The highest BCUT2D eigenvalue weighted by molar-refractivity contribution is 5.78. The summed E-state index contributed by atoms with van der Waals surface area (Å²) in [6.45, 7) is 1.85. The Labute approximate surface area is 105 Å². The number of rotatable bonds is 5. The lowest BCUT2D eigenvalue weighted by Crippen LogP contribution is -2.55. The second-order valence-electron chi connectivity index (χ2n) is 4.49. The number of hydrogen-bond donors (Lipinski definition) is 1. The van der Waals surface area contributed by atoms with Crippen LogP contribution in [0.4, 0.5) is 4.39 Å². The molecule has 1 aliphatic rings. The molecule has 1 heterocycles. The molecule has 0 saturated carbocycles. The normalized spacial score (nSPS) is 17.0. The number of benzene rings is 1. The van der Waals surface area contributed by atoms with E-state index in [2.05, 4.69) is 5.32 Å². The second kappa shape index (κ2) is 5.46. The summed E-state index contributed by atoms with van der Waals surface area (Å²) in [6, 6.07) is 6.26. The summed E-state index contributed by atoms with van der Waals surface area (Å²) in [6.07, 6.45) is 0. The van der Waals surface area contributed by atoms with Gasteiger partial charge in [0.05, 0.1) is 20.3 Å². The van der Waals surface area contributed by atoms with Gasteiger partial charge in [-0.05, 0) is 17.7 Å². The van der Waals surface area contributed by atoms with Gasteiger partial charge in [-0.15, -0.1) is 0 Å². The summed E-state index contributed by atoms with van der Waals surface area (Å²) in [5.41, 5.74) is 0.408. The van der Waals surface area contributed by atoms with Crippen molar-refractivity contribution >= 4 is 5.97 Å². The van der Waals surface area contributed by atoms with Gasteiger partial charge in [-0.3, -0.25) is 4.79 Å². The van der Waals surface area contributed by atoms with E-state index in [1.807, 2.05) is 0 Å². The first-order valence-corrected chi connectivity index (χ1v) is 5.78. The number of hydrogen-bond acceptors (Lipinski definition) is 4. The Morgan fingerprint density at radius 1 is 1.44 bits per heavy atom. The third kappa shape index (κ3) is 2.68. The highest BCUT2D eigenvalue weighted by Crippen LogP contribution is 2.28. The molecular formula is C13H16FNO3. The zero-order chi connectivity index (χ0) is 13.0. The summed E-state index contributed by atoms with van der Waals surface area (Å²) in [4.78, 5) is 11.6. The minimum atomic E-state index is -0.561. The molecule has 1 fully saturated rings. The van der Waals surface area contributed by atoms with E-state index < -0.39 is 5.41 Å². The van der Waals surface area contributed by atoms with Crippen molar-refractivity contribution in [1.82, 2.24) is 5.32 Å². The molecule has 18 heavy (non-hydrogen) atoms. The molecule has 0 unspecified atom stereocenters. The highest BCUT2D eigenvalue weighted by Gasteiger charge is 2.46. The van der Waals surface area contributed by atoms with Crippen LogP contribution >= 0.6 is 0 Å². The van der Waals surface area contributed by atoms with Crippen LogP contribution in [0, 0.1) is 11.2 Å². The fourth-order valence-corrected chi connectivity index (χ4v) is 1.91. The first-order valence-electron chi connectivity index (χ1n) is 5.78. The molecule has 0 bridgehead atoms. The van der Waals surface area contributed by atoms with Crippen molar-refractivity contribution in [3.63, 3.8) is 0 Å². The molecule has 0 spiro atoms. The number of halogens is 1. The number of ether oxygens (including phenoxy) is 2. The lowest BCUT2D eigenvalue weighted by molar-refractivity contribution is -0.182. The fourth-order valence-electron chi connectivity index (χ4n) is 1.91. The van der Waals surface area contributed by atoms with Gasteiger partial charge in [-0.2, -0.15) is 0 Å². The molecule has 0 aromatic heterocycles. The molecule has 1 N–H and O–H groups in total. The van der Waals surface area contributed by atoms with E-state index in [0.717, 1.165) is 5.56 Å². The molecule has 0 amide bonds. The van der Waals surface area contributed by atoms with E-state index in [4.69, 9.17) is 9.47 Å². The van der Waals surface area contributed by atoms with Gasteiger partial charge in [-0.25, -0.2) is 4.39 Å². The van der Waals surface area contributed by atoms with Crippen LogP contribution < -0.4 is 5.32 Å². The molecule has 5 heteroatoms. The van der Waals surface area contributed by atoms with Gasteiger partial charge < -0.3 is 14.8 Å². The predicted molar refractivity (Wildman–Crippen MR) is 63.4 cm³/mol. The van der Waals surface area contributed by atoms with Crippen LogP contribution in [0.1, 0.15) is 5.56 Å². The van der Waals surface area contributed by atoms with Crippen LogP contribution in [0.5, 0.6) is 0 Å². The Balaban J connectivity index is 1.84. The Bertz CT molecular complexity index is 415. The Hall–Kier alpha value is -1.46. The molecule has 98 valence electrons. The van der Waals surface area contributed by atoms with Gasteiger partial charge in [0.1, 0.15) is 11.2 Å². The SMILES string of the molecule is COC(=O)C1(CNCc2ccc(F)cc2)COC1. The van der Waals surface area contributed by atoms with Crippen molar-refractivity contribution in [1.29, 1.82) is 0 Å². The standard InChI is InChI=1S/C13H16FNO3/c1-17-12(16)13(8-18-9-13)7-15-6-10-2-4-11(14)5-3-10/h2-5,15H,6-9H2,1H3. The van der Waals surface area contributed by atoms with Crippen LogP contribution in [0.2, 0.25) is 0 Å². The van der Waals surface area contributed by atoms with Gasteiger partial charge in [0.25, 0.3) is 0 Å². The van der Waals surface area contributed by atoms with E-state index in [0.29, 0.717) is 26.3 Å². The quantitative estimate of drug-likeness (QED) is 0.798. The molecule has 1 aromatic rings. The third-order valence-corrected chi connectivity index (χ3v) is 3.08.